The molecule has 6 nitrogen and oxygen atoms in total. The Morgan fingerprint density at radius 1 is 1.25 bits per heavy atom. The molecule has 0 unspecified atom stereocenters. The number of nitrogens with zero attached hydrogens (tertiary/aromatic N) is 2. The molecule has 2 heterocycles. The number of methoxy groups -OCH3 is 1. The average Bonchev–Trinajstić information content (AvgIpc) is 2.78. The molecule has 2 aromatic carbocycles. The van der Waals surface area contributed by atoms with E-state index in [2.05, 4.69) is 0 Å². The second-order valence-corrected chi connectivity index (χ2v) is 8.25. The molecule has 2 fully saturated rings. The van der Waals surface area contributed by atoms with Gasteiger partial charge in [0.2, 0.25) is 5.79 Å². The predicted molar refractivity (Wildman–Crippen MR) is 111 cm³/mol. The van der Waals surface area contributed by atoms with Crippen molar-refractivity contribution in [3.8, 4) is 5.75 Å². The van der Waals surface area contributed by atoms with Crippen LogP contribution in [0.4, 0.5) is 13.2 Å². The monoisotopic (exact) mass is 470 g/mol. The second-order valence-electron chi connectivity index (χ2n) is 7.87. The number of halogens is 4. The highest BCUT2D eigenvalue weighted by Crippen LogP contribution is 2.36. The topological polar surface area (TPSA) is 62.2 Å². The molecule has 0 aromatic heterocycles. The zero-order chi connectivity index (χ0) is 23.1. The van der Waals surface area contributed by atoms with Crippen molar-refractivity contribution in [2.24, 2.45) is 0 Å². The summed E-state index contributed by atoms with van der Waals surface area (Å²) in [7, 11) is 1.47. The van der Waals surface area contributed by atoms with Gasteiger partial charge in [0.15, 0.2) is 0 Å². The molecule has 0 saturated carbocycles. The highest BCUT2D eigenvalue weighted by atomic mass is 35.5. The maximum absolute atomic E-state index is 13.1. The lowest BCUT2D eigenvalue weighted by Gasteiger charge is -2.49. The maximum Gasteiger partial charge on any atom is 0.416 e. The van der Waals surface area contributed by atoms with E-state index in [0.29, 0.717) is 30.9 Å². The number of hydrogen-bond acceptors (Lipinski definition) is 5. The second kappa shape index (κ2) is 8.55. The first-order valence-electron chi connectivity index (χ1n) is 10.0. The van der Waals surface area contributed by atoms with Gasteiger partial charge in [0, 0.05) is 25.2 Å². The smallest absolute Gasteiger partial charge is 0.416 e. The third kappa shape index (κ3) is 4.30. The number of piperazine rings is 1. The molecule has 0 aliphatic carbocycles. The van der Waals surface area contributed by atoms with Gasteiger partial charge in [-0.25, -0.2) is 0 Å². The Balaban J connectivity index is 1.47. The molecular formula is C22H22ClF3N2O4. The van der Waals surface area contributed by atoms with Gasteiger partial charge in [-0.2, -0.15) is 13.2 Å². The first-order chi connectivity index (χ1) is 15.1. The van der Waals surface area contributed by atoms with Gasteiger partial charge in [0.25, 0.3) is 5.91 Å². The quantitative estimate of drug-likeness (QED) is 0.745. The first-order valence-corrected chi connectivity index (χ1v) is 10.4. The van der Waals surface area contributed by atoms with Gasteiger partial charge >= 0.3 is 6.18 Å². The third-order valence-corrected chi connectivity index (χ3v) is 6.27. The minimum atomic E-state index is -4.52. The van der Waals surface area contributed by atoms with Crippen LogP contribution in [0.5, 0.6) is 5.75 Å². The lowest BCUT2D eigenvalue weighted by atomic mass is 9.98. The fourth-order valence-electron chi connectivity index (χ4n) is 4.12. The number of benzene rings is 2. The molecule has 10 heteroatoms. The lowest BCUT2D eigenvalue weighted by Crippen LogP contribution is -2.63. The number of carbonyl (C=O) groups excluding carboxylic acids is 1. The van der Waals surface area contributed by atoms with Gasteiger partial charge in [-0.1, -0.05) is 29.8 Å². The Labute approximate surface area is 188 Å². The van der Waals surface area contributed by atoms with Crippen LogP contribution in [0, 0.1) is 0 Å². The largest absolute Gasteiger partial charge is 0.495 e. The molecule has 2 aromatic rings. The van der Waals surface area contributed by atoms with E-state index >= 15 is 0 Å². The predicted octanol–water partition coefficient (Wildman–Crippen LogP) is 3.37. The summed E-state index contributed by atoms with van der Waals surface area (Å²) in [5, 5.41) is 11.2. The summed E-state index contributed by atoms with van der Waals surface area (Å²) in [5.74, 6) is -1.70. The number of carbonyl (C=O) groups is 1. The molecule has 1 N–H and O–H groups in total. The summed E-state index contributed by atoms with van der Waals surface area (Å²) in [5.41, 5.74) is -0.469. The van der Waals surface area contributed by atoms with Crippen LogP contribution in [0.15, 0.2) is 42.5 Å². The van der Waals surface area contributed by atoms with Crippen LogP contribution < -0.4 is 4.74 Å². The van der Waals surface area contributed by atoms with Crippen LogP contribution in [0.3, 0.4) is 0 Å². The Bertz CT molecular complexity index is 1020. The number of fused-ring (bicyclic) bond motifs is 1. The number of aliphatic hydroxyl groups is 1. The Kier molecular flexibility index (Phi) is 6.10. The van der Waals surface area contributed by atoms with E-state index < -0.39 is 17.5 Å². The molecule has 4 rings (SSSR count). The van der Waals surface area contributed by atoms with E-state index in [1.54, 1.807) is 23.1 Å². The van der Waals surface area contributed by atoms with Crippen molar-refractivity contribution in [1.29, 1.82) is 0 Å². The zero-order valence-corrected chi connectivity index (χ0v) is 18.0. The number of alkyl halides is 3. The van der Waals surface area contributed by atoms with E-state index in [0.717, 1.165) is 12.1 Å². The number of hydrogen-bond donors (Lipinski definition) is 1. The van der Waals surface area contributed by atoms with Crippen LogP contribution in [0.1, 0.15) is 21.5 Å². The number of morpholine rings is 1. The van der Waals surface area contributed by atoms with Crippen molar-refractivity contribution in [3.05, 3.63) is 64.2 Å². The van der Waals surface area contributed by atoms with Crippen LogP contribution in [0.25, 0.3) is 0 Å². The summed E-state index contributed by atoms with van der Waals surface area (Å²) >= 11 is 6.29. The minimum absolute atomic E-state index is 0.000916. The van der Waals surface area contributed by atoms with Gasteiger partial charge < -0.3 is 19.5 Å². The fraction of sp³-hybridized carbons (Fsp3) is 0.409. The Morgan fingerprint density at radius 3 is 2.72 bits per heavy atom. The molecule has 0 spiro atoms. The van der Waals surface area contributed by atoms with Gasteiger partial charge in [-0.15, -0.1) is 0 Å². The van der Waals surface area contributed by atoms with Crippen molar-refractivity contribution in [2.45, 2.75) is 18.0 Å². The van der Waals surface area contributed by atoms with Crippen LogP contribution in [-0.4, -0.2) is 66.8 Å². The van der Waals surface area contributed by atoms with E-state index in [4.69, 9.17) is 21.1 Å². The molecule has 0 bridgehead atoms. The molecule has 2 saturated heterocycles. The van der Waals surface area contributed by atoms with Crippen LogP contribution in [-0.2, 0) is 16.7 Å². The lowest BCUT2D eigenvalue weighted by molar-refractivity contribution is -0.265. The van der Waals surface area contributed by atoms with E-state index in [1.807, 2.05) is 4.90 Å². The third-order valence-electron chi connectivity index (χ3n) is 5.88. The Morgan fingerprint density at radius 2 is 2.00 bits per heavy atom. The molecule has 2 aliphatic rings. The van der Waals surface area contributed by atoms with E-state index in [9.17, 15) is 23.1 Å². The van der Waals surface area contributed by atoms with Gasteiger partial charge in [0.05, 0.1) is 42.5 Å². The van der Waals surface area contributed by atoms with Crippen molar-refractivity contribution in [3.63, 3.8) is 0 Å². The number of amides is 1. The van der Waals surface area contributed by atoms with Crippen molar-refractivity contribution in [1.82, 2.24) is 9.80 Å². The Hall–Kier alpha value is -2.33. The van der Waals surface area contributed by atoms with Crippen LogP contribution >= 0.6 is 11.6 Å². The van der Waals surface area contributed by atoms with Crippen LogP contribution in [0.2, 0.25) is 5.02 Å². The summed E-state index contributed by atoms with van der Waals surface area (Å²) < 4.78 is 50.0. The van der Waals surface area contributed by atoms with Crippen molar-refractivity contribution < 1.29 is 32.5 Å². The highest BCUT2D eigenvalue weighted by Gasteiger charge is 2.44. The SMILES string of the molecule is COc1cccc(C(=O)N2CCN3C[C@@](O)(c4cccc(C(F)(F)F)c4)OC[C@@H]3C2)c1Cl. The fourth-order valence-corrected chi connectivity index (χ4v) is 4.40. The summed E-state index contributed by atoms with van der Waals surface area (Å²) in [4.78, 5) is 16.6. The molecule has 2 aliphatic heterocycles. The standard InChI is InChI=1S/C22H22ClF3N2O4/c1-31-18-7-3-6-17(19(18)23)20(29)27-8-9-28-13-21(30,32-12-16(28)11-27)14-4-2-5-15(10-14)22(24,25)26/h2-7,10,16,30H,8-9,11-13H2,1H3/t16-,21-/m0/s1. The maximum atomic E-state index is 13.1. The molecule has 0 radical (unpaired) electrons. The minimum Gasteiger partial charge on any atom is -0.495 e. The molecule has 1 amide bonds. The van der Waals surface area contributed by atoms with Gasteiger partial charge in [-0.3, -0.25) is 9.69 Å². The first kappa shape index (κ1) is 22.8. The zero-order valence-electron chi connectivity index (χ0n) is 17.2. The molecule has 172 valence electrons. The molecular weight excluding hydrogens is 449 g/mol. The van der Waals surface area contributed by atoms with Gasteiger partial charge in [-0.05, 0) is 24.3 Å². The highest BCUT2D eigenvalue weighted by molar-refractivity contribution is 6.35. The summed E-state index contributed by atoms with van der Waals surface area (Å²) in [6.45, 7) is 1.21. The van der Waals surface area contributed by atoms with Crippen molar-refractivity contribution >= 4 is 17.5 Å². The normalized spacial score (nSPS) is 24.2. The van der Waals surface area contributed by atoms with Crippen molar-refractivity contribution in [2.75, 3.05) is 39.9 Å². The molecule has 32 heavy (non-hydrogen) atoms. The summed E-state index contributed by atoms with van der Waals surface area (Å²) in [6, 6.07) is 9.30. The average molecular weight is 471 g/mol. The summed E-state index contributed by atoms with van der Waals surface area (Å²) in [6.07, 6.45) is -4.52. The van der Waals surface area contributed by atoms with E-state index in [-0.39, 0.29) is 35.7 Å². The van der Waals surface area contributed by atoms with E-state index in [1.165, 1.54) is 19.2 Å². The van der Waals surface area contributed by atoms with Gasteiger partial charge in [0.1, 0.15) is 5.75 Å². The number of ether oxygens (including phenoxy) is 2. The number of rotatable bonds is 3. The molecule has 2 atom stereocenters.